The molecule has 5 heteroatoms. The maximum absolute atomic E-state index is 11.0. The molecule has 2 aromatic carbocycles. The molecule has 0 aliphatic heterocycles. The van der Waals surface area contributed by atoms with Crippen LogP contribution in [-0.2, 0) is 5.75 Å². The summed E-state index contributed by atoms with van der Waals surface area (Å²) < 4.78 is 5.10. The van der Waals surface area contributed by atoms with Crippen molar-refractivity contribution in [2.75, 3.05) is 7.11 Å². The number of halogens is 1. The number of hydrogen-bond donors (Lipinski definition) is 1. The summed E-state index contributed by atoms with van der Waals surface area (Å²) in [6.45, 7) is 0. The third-order valence-corrected chi connectivity index (χ3v) is 4.13. The molecule has 1 N–H and O–H groups in total. The Morgan fingerprint density at radius 2 is 1.95 bits per heavy atom. The van der Waals surface area contributed by atoms with E-state index in [2.05, 4.69) is 0 Å². The molecular formula is C15H13ClO3S. The Morgan fingerprint density at radius 1 is 1.25 bits per heavy atom. The number of benzene rings is 2. The van der Waals surface area contributed by atoms with Gasteiger partial charge in [-0.05, 0) is 35.9 Å². The number of aromatic carboxylic acids is 1. The SMILES string of the molecule is COc1ccc(CSc2ccc(Cl)c(C(=O)O)c2)cc1. The standard InChI is InChI=1S/C15H13ClO3S/c1-19-11-4-2-10(3-5-11)9-20-12-6-7-14(16)13(8-12)15(17)18/h2-8H,9H2,1H3,(H,17,18). The highest BCUT2D eigenvalue weighted by Gasteiger charge is 2.09. The minimum atomic E-state index is -1.01. The van der Waals surface area contributed by atoms with Gasteiger partial charge in [0.15, 0.2) is 0 Å². The molecule has 2 aromatic rings. The van der Waals surface area contributed by atoms with Crippen molar-refractivity contribution in [3.63, 3.8) is 0 Å². The summed E-state index contributed by atoms with van der Waals surface area (Å²) >= 11 is 7.40. The maximum atomic E-state index is 11.0. The molecule has 104 valence electrons. The summed E-state index contributed by atoms with van der Waals surface area (Å²) in [5, 5.41) is 9.28. The summed E-state index contributed by atoms with van der Waals surface area (Å²) in [6, 6.07) is 12.8. The van der Waals surface area contributed by atoms with E-state index in [1.807, 2.05) is 30.3 Å². The first-order chi connectivity index (χ1) is 9.60. The molecule has 0 radical (unpaired) electrons. The molecule has 2 rings (SSSR count). The first-order valence-corrected chi connectivity index (χ1v) is 7.25. The normalized spacial score (nSPS) is 10.3. The zero-order chi connectivity index (χ0) is 14.5. The lowest BCUT2D eigenvalue weighted by Gasteiger charge is -2.05. The van der Waals surface area contributed by atoms with Gasteiger partial charge >= 0.3 is 5.97 Å². The summed E-state index contributed by atoms with van der Waals surface area (Å²) in [6.07, 6.45) is 0. The molecule has 0 bridgehead atoms. The number of carboxylic acid groups (broad SMARTS) is 1. The number of carboxylic acids is 1. The zero-order valence-electron chi connectivity index (χ0n) is 10.8. The third-order valence-electron chi connectivity index (χ3n) is 2.73. The smallest absolute Gasteiger partial charge is 0.337 e. The molecule has 0 saturated heterocycles. The molecule has 0 heterocycles. The number of ether oxygens (including phenoxy) is 1. The van der Waals surface area contributed by atoms with Crippen molar-refractivity contribution in [2.45, 2.75) is 10.6 Å². The first kappa shape index (κ1) is 14.8. The van der Waals surface area contributed by atoms with E-state index in [9.17, 15) is 4.79 Å². The monoisotopic (exact) mass is 308 g/mol. The van der Waals surface area contributed by atoms with Crippen LogP contribution in [0.5, 0.6) is 5.75 Å². The Labute approximate surface area is 126 Å². The van der Waals surface area contributed by atoms with Gasteiger partial charge in [-0.15, -0.1) is 11.8 Å². The zero-order valence-corrected chi connectivity index (χ0v) is 12.4. The fraction of sp³-hybridized carbons (Fsp3) is 0.133. The number of hydrogen-bond acceptors (Lipinski definition) is 3. The Bertz CT molecular complexity index is 611. The fourth-order valence-electron chi connectivity index (χ4n) is 1.65. The summed E-state index contributed by atoms with van der Waals surface area (Å²) in [5.74, 6) is 0.560. The summed E-state index contributed by atoms with van der Waals surface area (Å²) in [7, 11) is 1.63. The lowest BCUT2D eigenvalue weighted by molar-refractivity contribution is 0.0697. The maximum Gasteiger partial charge on any atom is 0.337 e. The second-order valence-corrected chi connectivity index (χ2v) is 5.54. The van der Waals surface area contributed by atoms with Gasteiger partial charge in [-0.3, -0.25) is 0 Å². The molecule has 0 amide bonds. The Balaban J connectivity index is 2.06. The van der Waals surface area contributed by atoms with Gasteiger partial charge in [-0.25, -0.2) is 4.79 Å². The molecule has 0 aliphatic rings. The van der Waals surface area contributed by atoms with E-state index < -0.39 is 5.97 Å². The van der Waals surface area contributed by atoms with Crippen LogP contribution in [0.2, 0.25) is 5.02 Å². The predicted octanol–water partition coefficient (Wildman–Crippen LogP) is 4.34. The molecule has 0 atom stereocenters. The van der Waals surface area contributed by atoms with E-state index in [1.54, 1.807) is 31.0 Å². The van der Waals surface area contributed by atoms with Crippen molar-refractivity contribution < 1.29 is 14.6 Å². The van der Waals surface area contributed by atoms with Gasteiger partial charge in [0.05, 0.1) is 17.7 Å². The Hall–Kier alpha value is -1.65. The van der Waals surface area contributed by atoms with Gasteiger partial charge in [-0.2, -0.15) is 0 Å². The van der Waals surface area contributed by atoms with E-state index in [4.69, 9.17) is 21.4 Å². The average Bonchev–Trinajstić information content (AvgIpc) is 2.46. The van der Waals surface area contributed by atoms with E-state index in [-0.39, 0.29) is 10.6 Å². The largest absolute Gasteiger partial charge is 0.497 e. The summed E-state index contributed by atoms with van der Waals surface area (Å²) in [5.41, 5.74) is 1.27. The fourth-order valence-corrected chi connectivity index (χ4v) is 2.74. The van der Waals surface area contributed by atoms with E-state index in [0.29, 0.717) is 0 Å². The van der Waals surface area contributed by atoms with Gasteiger partial charge in [0.25, 0.3) is 0 Å². The molecule has 0 aromatic heterocycles. The van der Waals surface area contributed by atoms with Crippen molar-refractivity contribution in [3.8, 4) is 5.75 Å². The van der Waals surface area contributed by atoms with E-state index >= 15 is 0 Å². The molecular weight excluding hydrogens is 296 g/mol. The van der Waals surface area contributed by atoms with E-state index in [1.165, 1.54) is 0 Å². The molecule has 20 heavy (non-hydrogen) atoms. The van der Waals surface area contributed by atoms with Crippen LogP contribution in [-0.4, -0.2) is 18.2 Å². The highest BCUT2D eigenvalue weighted by atomic mass is 35.5. The van der Waals surface area contributed by atoms with Crippen LogP contribution in [0, 0.1) is 0 Å². The van der Waals surface area contributed by atoms with Crippen LogP contribution in [0.15, 0.2) is 47.4 Å². The Kier molecular flexibility index (Phi) is 4.93. The van der Waals surface area contributed by atoms with Gasteiger partial charge in [0.2, 0.25) is 0 Å². The molecule has 0 saturated carbocycles. The highest BCUT2D eigenvalue weighted by Crippen LogP contribution is 2.27. The number of carbonyl (C=O) groups is 1. The average molecular weight is 309 g/mol. The van der Waals surface area contributed by atoms with Crippen LogP contribution >= 0.6 is 23.4 Å². The van der Waals surface area contributed by atoms with Crippen molar-refractivity contribution >= 4 is 29.3 Å². The van der Waals surface area contributed by atoms with Crippen molar-refractivity contribution in [1.29, 1.82) is 0 Å². The topological polar surface area (TPSA) is 46.5 Å². The first-order valence-electron chi connectivity index (χ1n) is 5.88. The predicted molar refractivity (Wildman–Crippen MR) is 81.0 cm³/mol. The molecule has 0 spiro atoms. The van der Waals surface area contributed by atoms with Crippen LogP contribution in [0.3, 0.4) is 0 Å². The van der Waals surface area contributed by atoms with E-state index in [0.717, 1.165) is 22.0 Å². The lowest BCUT2D eigenvalue weighted by atomic mass is 10.2. The quantitative estimate of drug-likeness (QED) is 0.835. The van der Waals surface area contributed by atoms with Gasteiger partial charge in [0, 0.05) is 10.6 Å². The van der Waals surface area contributed by atoms with Crippen molar-refractivity contribution in [2.24, 2.45) is 0 Å². The van der Waals surface area contributed by atoms with Crippen LogP contribution in [0.1, 0.15) is 15.9 Å². The van der Waals surface area contributed by atoms with Crippen molar-refractivity contribution in [3.05, 3.63) is 58.6 Å². The second-order valence-electron chi connectivity index (χ2n) is 4.08. The minimum Gasteiger partial charge on any atom is -0.497 e. The van der Waals surface area contributed by atoms with Crippen molar-refractivity contribution in [1.82, 2.24) is 0 Å². The van der Waals surface area contributed by atoms with Crippen LogP contribution < -0.4 is 4.74 Å². The van der Waals surface area contributed by atoms with Crippen LogP contribution in [0.25, 0.3) is 0 Å². The molecule has 0 fully saturated rings. The van der Waals surface area contributed by atoms with Gasteiger partial charge < -0.3 is 9.84 Å². The van der Waals surface area contributed by atoms with Crippen LogP contribution in [0.4, 0.5) is 0 Å². The highest BCUT2D eigenvalue weighted by molar-refractivity contribution is 7.98. The minimum absolute atomic E-state index is 0.131. The Morgan fingerprint density at radius 3 is 2.55 bits per heavy atom. The lowest BCUT2D eigenvalue weighted by Crippen LogP contribution is -1.97. The summed E-state index contributed by atoms with van der Waals surface area (Å²) in [4.78, 5) is 11.9. The molecule has 0 aliphatic carbocycles. The second kappa shape index (κ2) is 6.68. The third kappa shape index (κ3) is 3.68. The number of rotatable bonds is 5. The van der Waals surface area contributed by atoms with Gasteiger partial charge in [-0.1, -0.05) is 23.7 Å². The number of methoxy groups -OCH3 is 1. The number of thioether (sulfide) groups is 1. The molecule has 0 unspecified atom stereocenters. The van der Waals surface area contributed by atoms with Gasteiger partial charge in [0.1, 0.15) is 5.75 Å². The molecule has 3 nitrogen and oxygen atoms in total.